The maximum atomic E-state index is 13.7. The molecule has 3 amide bonds. The predicted octanol–water partition coefficient (Wildman–Crippen LogP) is 3.76. The van der Waals surface area contributed by atoms with Gasteiger partial charge in [0, 0.05) is 30.9 Å². The Kier molecular flexibility index (Phi) is 7.47. The van der Waals surface area contributed by atoms with Gasteiger partial charge in [-0.1, -0.05) is 38.1 Å². The van der Waals surface area contributed by atoms with Crippen LogP contribution in [0.2, 0.25) is 0 Å². The van der Waals surface area contributed by atoms with Crippen molar-refractivity contribution in [3.8, 4) is 0 Å². The van der Waals surface area contributed by atoms with E-state index in [1.54, 1.807) is 0 Å². The van der Waals surface area contributed by atoms with Gasteiger partial charge in [-0.15, -0.1) is 0 Å². The summed E-state index contributed by atoms with van der Waals surface area (Å²) in [4.78, 5) is 44.3. The Labute approximate surface area is 214 Å². The molecule has 37 heavy (non-hydrogen) atoms. The summed E-state index contributed by atoms with van der Waals surface area (Å²) >= 11 is 0. The van der Waals surface area contributed by atoms with Crippen LogP contribution in [0.25, 0.3) is 0 Å². The first-order chi connectivity index (χ1) is 17.5. The van der Waals surface area contributed by atoms with Crippen LogP contribution in [0.4, 0.5) is 18.9 Å². The third-order valence-electron chi connectivity index (χ3n) is 6.94. The lowest BCUT2D eigenvalue weighted by atomic mass is 9.85. The predicted molar refractivity (Wildman–Crippen MR) is 133 cm³/mol. The molecular weight excluding hydrogens is 485 g/mol. The average Bonchev–Trinajstić information content (AvgIpc) is 3.13. The number of benzene rings is 2. The van der Waals surface area contributed by atoms with E-state index in [2.05, 4.69) is 5.32 Å². The van der Waals surface area contributed by atoms with Gasteiger partial charge < -0.3 is 20.0 Å². The Balaban J connectivity index is 1.52. The molecule has 1 N–H and O–H groups in total. The first-order valence-corrected chi connectivity index (χ1v) is 12.4. The number of halogens is 3. The SMILES string of the molecule is CC(C)CNC(=O)CN1CN(c2ccccc2)C2(CCN(C(=O)c3cccc(C(F)(F)F)c3)CC2)C1=O. The minimum Gasteiger partial charge on any atom is -0.354 e. The number of nitrogens with zero attached hydrogens (tertiary/aromatic N) is 3. The molecule has 2 aliphatic heterocycles. The Morgan fingerprint density at radius 1 is 1.03 bits per heavy atom. The Bertz CT molecular complexity index is 1150. The number of carbonyl (C=O) groups is 3. The molecule has 0 aliphatic carbocycles. The monoisotopic (exact) mass is 516 g/mol. The highest BCUT2D eigenvalue weighted by Crippen LogP contribution is 2.40. The molecule has 0 saturated carbocycles. The summed E-state index contributed by atoms with van der Waals surface area (Å²) in [6, 6.07) is 13.8. The van der Waals surface area contributed by atoms with Gasteiger partial charge in [0.15, 0.2) is 0 Å². The molecule has 2 aromatic carbocycles. The first-order valence-electron chi connectivity index (χ1n) is 12.4. The van der Waals surface area contributed by atoms with Crippen molar-refractivity contribution < 1.29 is 27.6 Å². The van der Waals surface area contributed by atoms with Crippen molar-refractivity contribution in [2.75, 3.05) is 37.7 Å². The Morgan fingerprint density at radius 3 is 2.32 bits per heavy atom. The van der Waals surface area contributed by atoms with E-state index in [0.717, 1.165) is 17.8 Å². The number of carbonyl (C=O) groups excluding carboxylic acids is 3. The van der Waals surface area contributed by atoms with E-state index in [1.807, 2.05) is 49.1 Å². The lowest BCUT2D eigenvalue weighted by Gasteiger charge is -2.43. The maximum absolute atomic E-state index is 13.7. The molecule has 7 nitrogen and oxygen atoms in total. The number of rotatable bonds is 6. The van der Waals surface area contributed by atoms with Crippen molar-refractivity contribution in [2.45, 2.75) is 38.4 Å². The molecule has 4 rings (SSSR count). The number of hydrogen-bond acceptors (Lipinski definition) is 4. The van der Waals surface area contributed by atoms with Crippen LogP contribution >= 0.6 is 0 Å². The van der Waals surface area contributed by atoms with Crippen LogP contribution in [0.3, 0.4) is 0 Å². The van der Waals surface area contributed by atoms with Crippen LogP contribution in [-0.4, -0.2) is 65.9 Å². The topological polar surface area (TPSA) is 73.0 Å². The molecule has 2 aliphatic rings. The van der Waals surface area contributed by atoms with Gasteiger partial charge in [-0.05, 0) is 49.1 Å². The second-order valence-electron chi connectivity index (χ2n) is 10.0. The van der Waals surface area contributed by atoms with Crippen LogP contribution in [-0.2, 0) is 15.8 Å². The van der Waals surface area contributed by atoms with Crippen LogP contribution in [0, 0.1) is 5.92 Å². The number of likely N-dealkylation sites (tertiary alicyclic amines) is 1. The standard InChI is InChI=1S/C27H31F3N4O3/c1-19(2)16-31-23(35)17-33-18-34(22-9-4-3-5-10-22)26(25(33)37)11-13-32(14-12-26)24(36)20-7-6-8-21(15-20)27(28,29)30/h3-10,15,19H,11-14,16-18H2,1-2H3,(H,31,35). The minimum absolute atomic E-state index is 0.0353. The van der Waals surface area contributed by atoms with Gasteiger partial charge in [0.05, 0.1) is 12.2 Å². The summed E-state index contributed by atoms with van der Waals surface area (Å²) in [6.07, 6.45) is -3.94. The number of anilines is 1. The van der Waals surface area contributed by atoms with Gasteiger partial charge in [-0.25, -0.2) is 0 Å². The Hall–Kier alpha value is -3.56. The fourth-order valence-corrected chi connectivity index (χ4v) is 4.96. The largest absolute Gasteiger partial charge is 0.416 e. The highest BCUT2D eigenvalue weighted by atomic mass is 19.4. The summed E-state index contributed by atoms with van der Waals surface area (Å²) in [5.41, 5.74) is -1.02. The molecule has 0 radical (unpaired) electrons. The molecule has 2 heterocycles. The zero-order valence-corrected chi connectivity index (χ0v) is 20.9. The normalized spacial score (nSPS) is 17.6. The van der Waals surface area contributed by atoms with Gasteiger partial charge in [0.25, 0.3) is 11.8 Å². The lowest BCUT2D eigenvalue weighted by Crippen LogP contribution is -2.57. The number of alkyl halides is 3. The Morgan fingerprint density at radius 2 is 1.70 bits per heavy atom. The van der Waals surface area contributed by atoms with E-state index in [4.69, 9.17) is 0 Å². The average molecular weight is 517 g/mol. The molecule has 0 atom stereocenters. The number of amides is 3. The maximum Gasteiger partial charge on any atom is 0.416 e. The molecule has 0 aromatic heterocycles. The van der Waals surface area contributed by atoms with Crippen LogP contribution < -0.4 is 10.2 Å². The second kappa shape index (κ2) is 10.4. The third-order valence-corrected chi connectivity index (χ3v) is 6.94. The van der Waals surface area contributed by atoms with Crippen molar-refractivity contribution in [1.82, 2.24) is 15.1 Å². The van der Waals surface area contributed by atoms with E-state index < -0.39 is 23.2 Å². The fraction of sp³-hybridized carbons (Fsp3) is 0.444. The summed E-state index contributed by atoms with van der Waals surface area (Å²) in [5.74, 6) is -0.627. The van der Waals surface area contributed by atoms with Crippen LogP contribution in [0.5, 0.6) is 0 Å². The van der Waals surface area contributed by atoms with E-state index in [9.17, 15) is 27.6 Å². The van der Waals surface area contributed by atoms with Crippen LogP contribution in [0.1, 0.15) is 42.6 Å². The highest BCUT2D eigenvalue weighted by molar-refractivity contribution is 5.97. The van der Waals surface area contributed by atoms with Crippen molar-refractivity contribution in [1.29, 1.82) is 0 Å². The van der Waals surface area contributed by atoms with E-state index >= 15 is 0 Å². The smallest absolute Gasteiger partial charge is 0.354 e. The first kappa shape index (κ1) is 26.5. The quantitative estimate of drug-likeness (QED) is 0.635. The molecule has 10 heteroatoms. The van der Waals surface area contributed by atoms with Gasteiger partial charge in [0.2, 0.25) is 5.91 Å². The summed E-state index contributed by atoms with van der Waals surface area (Å²) in [5, 5.41) is 2.85. The van der Waals surface area contributed by atoms with Crippen LogP contribution in [0.15, 0.2) is 54.6 Å². The molecule has 2 aromatic rings. The number of para-hydroxylation sites is 1. The zero-order valence-electron chi connectivity index (χ0n) is 20.9. The summed E-state index contributed by atoms with van der Waals surface area (Å²) in [6.45, 7) is 5.07. The molecule has 0 unspecified atom stereocenters. The van der Waals surface area contributed by atoms with E-state index in [0.29, 0.717) is 19.4 Å². The van der Waals surface area contributed by atoms with Crippen molar-refractivity contribution in [2.24, 2.45) is 5.92 Å². The van der Waals surface area contributed by atoms with E-state index in [-0.39, 0.29) is 49.6 Å². The second-order valence-corrected chi connectivity index (χ2v) is 10.0. The van der Waals surface area contributed by atoms with Gasteiger partial charge in [0.1, 0.15) is 12.1 Å². The molecule has 0 bridgehead atoms. The van der Waals surface area contributed by atoms with Gasteiger partial charge in [-0.2, -0.15) is 13.2 Å². The number of piperidine rings is 1. The van der Waals surface area contributed by atoms with Gasteiger partial charge in [-0.3, -0.25) is 14.4 Å². The molecule has 198 valence electrons. The van der Waals surface area contributed by atoms with E-state index in [1.165, 1.54) is 21.9 Å². The van der Waals surface area contributed by atoms with Gasteiger partial charge >= 0.3 is 6.18 Å². The molecule has 1 spiro atoms. The number of nitrogens with one attached hydrogen (secondary N) is 1. The molecule has 2 saturated heterocycles. The lowest BCUT2D eigenvalue weighted by molar-refractivity contribution is -0.137. The van der Waals surface area contributed by atoms with Crippen molar-refractivity contribution >= 4 is 23.4 Å². The third kappa shape index (κ3) is 5.57. The van der Waals surface area contributed by atoms with Crippen molar-refractivity contribution in [3.05, 3.63) is 65.7 Å². The fourth-order valence-electron chi connectivity index (χ4n) is 4.96. The highest BCUT2D eigenvalue weighted by Gasteiger charge is 2.54. The molecular formula is C27H31F3N4O3. The molecule has 2 fully saturated rings. The summed E-state index contributed by atoms with van der Waals surface area (Å²) < 4.78 is 39.4. The zero-order chi connectivity index (χ0) is 26.8. The minimum atomic E-state index is -4.54. The summed E-state index contributed by atoms with van der Waals surface area (Å²) in [7, 11) is 0. The number of hydrogen-bond donors (Lipinski definition) is 1. The van der Waals surface area contributed by atoms with Crippen molar-refractivity contribution in [3.63, 3.8) is 0 Å².